The molecule has 0 aliphatic rings. The van der Waals surface area contributed by atoms with E-state index >= 15 is 0 Å². The van der Waals surface area contributed by atoms with Crippen LogP contribution in [0.15, 0.2) is 30.3 Å². The molecule has 0 saturated heterocycles. The zero-order valence-electron chi connectivity index (χ0n) is 12.3. The monoisotopic (exact) mass is 290 g/mol. The van der Waals surface area contributed by atoms with Gasteiger partial charge in [0.1, 0.15) is 0 Å². The van der Waals surface area contributed by atoms with Crippen LogP contribution in [-0.4, -0.2) is 35.0 Å². The topological polar surface area (TPSA) is 83.6 Å². The standard InChI is InChI=1S/C16H22N2O3/c1-2-3-9-18(12-15(17)19)11-14-6-4-5-13(10-14)7-8-16(20)21/h4-8,10H,2-3,9,11-12H2,1H3,(H2,17,19)(H,20,21). The number of amides is 1. The number of rotatable bonds is 9. The summed E-state index contributed by atoms with van der Waals surface area (Å²) in [5.41, 5.74) is 7.12. The number of nitrogens with zero attached hydrogens (tertiary/aromatic N) is 1. The van der Waals surface area contributed by atoms with Gasteiger partial charge >= 0.3 is 5.97 Å². The van der Waals surface area contributed by atoms with E-state index in [2.05, 4.69) is 6.92 Å². The minimum Gasteiger partial charge on any atom is -0.478 e. The number of nitrogens with two attached hydrogens (primary N) is 1. The Morgan fingerprint density at radius 1 is 1.38 bits per heavy atom. The second-order valence-electron chi connectivity index (χ2n) is 4.95. The number of carboxylic acid groups (broad SMARTS) is 1. The van der Waals surface area contributed by atoms with Crippen LogP contribution in [-0.2, 0) is 16.1 Å². The molecule has 0 aliphatic heterocycles. The van der Waals surface area contributed by atoms with Crippen molar-refractivity contribution in [1.29, 1.82) is 0 Å². The predicted molar refractivity (Wildman–Crippen MR) is 82.5 cm³/mol. The molecule has 0 fully saturated rings. The number of hydrogen-bond acceptors (Lipinski definition) is 3. The molecule has 114 valence electrons. The summed E-state index contributed by atoms with van der Waals surface area (Å²) in [6.45, 7) is 3.77. The lowest BCUT2D eigenvalue weighted by molar-refractivity contribution is -0.131. The molecule has 0 radical (unpaired) electrons. The van der Waals surface area contributed by atoms with E-state index in [0.717, 1.165) is 36.6 Å². The fourth-order valence-corrected chi connectivity index (χ4v) is 2.04. The number of benzene rings is 1. The van der Waals surface area contributed by atoms with E-state index in [1.165, 1.54) is 0 Å². The zero-order chi connectivity index (χ0) is 15.7. The SMILES string of the molecule is CCCCN(CC(N)=O)Cc1cccc(C=CC(=O)O)c1. The second-order valence-corrected chi connectivity index (χ2v) is 4.95. The lowest BCUT2D eigenvalue weighted by Gasteiger charge is -2.20. The maximum Gasteiger partial charge on any atom is 0.328 e. The van der Waals surface area contributed by atoms with Gasteiger partial charge < -0.3 is 10.8 Å². The van der Waals surface area contributed by atoms with Gasteiger partial charge in [0, 0.05) is 12.6 Å². The summed E-state index contributed by atoms with van der Waals surface area (Å²) >= 11 is 0. The maximum atomic E-state index is 11.1. The Bertz CT molecular complexity index is 512. The Kier molecular flexibility index (Phi) is 7.18. The Morgan fingerprint density at radius 3 is 2.76 bits per heavy atom. The summed E-state index contributed by atoms with van der Waals surface area (Å²) in [7, 11) is 0. The molecule has 5 heteroatoms. The Hall–Kier alpha value is -2.14. The van der Waals surface area contributed by atoms with Crippen LogP contribution in [0.2, 0.25) is 0 Å². The molecule has 1 aromatic carbocycles. The molecule has 21 heavy (non-hydrogen) atoms. The van der Waals surface area contributed by atoms with E-state index in [0.29, 0.717) is 6.54 Å². The molecule has 0 heterocycles. The molecule has 0 unspecified atom stereocenters. The number of primary amides is 1. The lowest BCUT2D eigenvalue weighted by Crippen LogP contribution is -2.34. The van der Waals surface area contributed by atoms with Crippen molar-refractivity contribution in [3.05, 3.63) is 41.5 Å². The smallest absolute Gasteiger partial charge is 0.328 e. The van der Waals surface area contributed by atoms with Gasteiger partial charge in [0.15, 0.2) is 0 Å². The molecule has 0 aromatic heterocycles. The third-order valence-corrected chi connectivity index (χ3v) is 2.98. The van der Waals surface area contributed by atoms with Crippen molar-refractivity contribution >= 4 is 18.0 Å². The molecule has 1 rings (SSSR count). The number of carbonyl (C=O) groups excluding carboxylic acids is 1. The van der Waals surface area contributed by atoms with Gasteiger partial charge in [0.25, 0.3) is 0 Å². The quantitative estimate of drug-likeness (QED) is 0.680. The number of carboxylic acids is 1. The first kappa shape index (κ1) is 16.9. The third kappa shape index (κ3) is 7.27. The van der Waals surface area contributed by atoms with Crippen molar-refractivity contribution in [1.82, 2.24) is 4.90 Å². The average Bonchev–Trinajstić information content (AvgIpc) is 2.42. The molecule has 0 bridgehead atoms. The van der Waals surface area contributed by atoms with E-state index in [1.54, 1.807) is 6.08 Å². The largest absolute Gasteiger partial charge is 0.478 e. The minimum absolute atomic E-state index is 0.231. The molecule has 5 nitrogen and oxygen atoms in total. The molecule has 0 atom stereocenters. The average molecular weight is 290 g/mol. The highest BCUT2D eigenvalue weighted by Crippen LogP contribution is 2.10. The van der Waals surface area contributed by atoms with Crippen molar-refractivity contribution < 1.29 is 14.7 Å². The van der Waals surface area contributed by atoms with E-state index in [4.69, 9.17) is 10.8 Å². The van der Waals surface area contributed by atoms with Crippen molar-refractivity contribution in [3.63, 3.8) is 0 Å². The lowest BCUT2D eigenvalue weighted by atomic mass is 10.1. The summed E-state index contributed by atoms with van der Waals surface area (Å²) in [5.74, 6) is -1.31. The van der Waals surface area contributed by atoms with Gasteiger partial charge in [0.2, 0.25) is 5.91 Å². The van der Waals surface area contributed by atoms with E-state index in [-0.39, 0.29) is 12.5 Å². The number of aliphatic carboxylic acids is 1. The summed E-state index contributed by atoms with van der Waals surface area (Å²) in [5, 5.41) is 8.64. The molecule has 0 spiro atoms. The summed E-state index contributed by atoms with van der Waals surface area (Å²) in [6, 6.07) is 7.59. The molecule has 0 aliphatic carbocycles. The number of unbranched alkanes of at least 4 members (excludes halogenated alkanes) is 1. The van der Waals surface area contributed by atoms with Gasteiger partial charge in [-0.05, 0) is 30.2 Å². The first-order valence-electron chi connectivity index (χ1n) is 7.02. The van der Waals surface area contributed by atoms with Gasteiger partial charge in [-0.15, -0.1) is 0 Å². The summed E-state index contributed by atoms with van der Waals surface area (Å²) in [4.78, 5) is 23.6. The van der Waals surface area contributed by atoms with Gasteiger partial charge in [-0.3, -0.25) is 9.69 Å². The van der Waals surface area contributed by atoms with E-state index in [9.17, 15) is 9.59 Å². The van der Waals surface area contributed by atoms with Crippen LogP contribution < -0.4 is 5.73 Å². The predicted octanol–water partition coefficient (Wildman–Crippen LogP) is 1.87. The van der Waals surface area contributed by atoms with Crippen molar-refractivity contribution in [2.24, 2.45) is 5.73 Å². The van der Waals surface area contributed by atoms with Gasteiger partial charge in [-0.2, -0.15) is 0 Å². The van der Waals surface area contributed by atoms with Crippen LogP contribution >= 0.6 is 0 Å². The Balaban J connectivity index is 2.75. The fraction of sp³-hybridized carbons (Fsp3) is 0.375. The van der Waals surface area contributed by atoms with Crippen LogP contribution in [0.25, 0.3) is 6.08 Å². The number of carbonyl (C=O) groups is 2. The van der Waals surface area contributed by atoms with Crippen molar-refractivity contribution in [3.8, 4) is 0 Å². The van der Waals surface area contributed by atoms with Gasteiger partial charge in [-0.1, -0.05) is 37.6 Å². The van der Waals surface area contributed by atoms with Crippen LogP contribution in [0.1, 0.15) is 30.9 Å². The first-order valence-corrected chi connectivity index (χ1v) is 7.02. The summed E-state index contributed by atoms with van der Waals surface area (Å²) < 4.78 is 0. The number of hydrogen-bond donors (Lipinski definition) is 2. The van der Waals surface area contributed by atoms with Gasteiger partial charge in [0.05, 0.1) is 6.54 Å². The van der Waals surface area contributed by atoms with Crippen LogP contribution in [0.5, 0.6) is 0 Å². The van der Waals surface area contributed by atoms with Crippen LogP contribution in [0, 0.1) is 0 Å². The molecular weight excluding hydrogens is 268 g/mol. The van der Waals surface area contributed by atoms with Crippen molar-refractivity contribution in [2.45, 2.75) is 26.3 Å². The second kappa shape index (κ2) is 8.92. The molecule has 0 saturated carbocycles. The highest BCUT2D eigenvalue weighted by Gasteiger charge is 2.08. The fourth-order valence-electron chi connectivity index (χ4n) is 2.04. The molecule has 3 N–H and O–H groups in total. The Labute approximate surface area is 125 Å². The van der Waals surface area contributed by atoms with Gasteiger partial charge in [-0.25, -0.2) is 4.79 Å². The first-order chi connectivity index (χ1) is 10.0. The van der Waals surface area contributed by atoms with Crippen LogP contribution in [0.4, 0.5) is 0 Å². The Morgan fingerprint density at radius 2 is 2.14 bits per heavy atom. The third-order valence-electron chi connectivity index (χ3n) is 2.98. The van der Waals surface area contributed by atoms with E-state index in [1.807, 2.05) is 29.2 Å². The maximum absolute atomic E-state index is 11.1. The highest BCUT2D eigenvalue weighted by atomic mass is 16.4. The minimum atomic E-state index is -0.973. The normalized spacial score (nSPS) is 11.1. The highest BCUT2D eigenvalue weighted by molar-refractivity contribution is 5.85. The van der Waals surface area contributed by atoms with Crippen LogP contribution in [0.3, 0.4) is 0 Å². The molecular formula is C16H22N2O3. The molecule has 1 aromatic rings. The zero-order valence-corrected chi connectivity index (χ0v) is 12.3. The summed E-state index contributed by atoms with van der Waals surface area (Å²) in [6.07, 6.45) is 4.72. The van der Waals surface area contributed by atoms with E-state index < -0.39 is 5.97 Å². The molecule has 1 amide bonds. The van der Waals surface area contributed by atoms with Crippen molar-refractivity contribution in [2.75, 3.05) is 13.1 Å².